The van der Waals surface area contributed by atoms with Crippen LogP contribution in [0.5, 0.6) is 0 Å². The molecule has 0 unspecified atom stereocenters. The van der Waals surface area contributed by atoms with E-state index in [0.717, 1.165) is 19.6 Å². The Hall–Kier alpha value is -1.37. The van der Waals surface area contributed by atoms with Crippen molar-refractivity contribution in [2.75, 3.05) is 38.5 Å². The van der Waals surface area contributed by atoms with Crippen LogP contribution in [0.3, 0.4) is 0 Å². The first-order valence-electron chi connectivity index (χ1n) is 6.23. The SMILES string of the molecule is C=CCN1CCN(S(=O)(=O)c2ccc(N)cc2)CC1. The number of piperazine rings is 1. The average Bonchev–Trinajstić information content (AvgIpc) is 2.40. The van der Waals surface area contributed by atoms with E-state index in [9.17, 15) is 8.42 Å². The minimum Gasteiger partial charge on any atom is -0.399 e. The Morgan fingerprint density at radius 1 is 1.16 bits per heavy atom. The van der Waals surface area contributed by atoms with Crippen LogP contribution < -0.4 is 5.73 Å². The highest BCUT2D eigenvalue weighted by Crippen LogP contribution is 2.18. The molecule has 0 saturated carbocycles. The molecule has 0 bridgehead atoms. The van der Waals surface area contributed by atoms with E-state index in [4.69, 9.17) is 5.73 Å². The third kappa shape index (κ3) is 3.15. The summed E-state index contributed by atoms with van der Waals surface area (Å²) in [6, 6.07) is 6.34. The lowest BCUT2D eigenvalue weighted by molar-refractivity contribution is 0.204. The fraction of sp³-hybridized carbons (Fsp3) is 0.385. The van der Waals surface area contributed by atoms with Gasteiger partial charge >= 0.3 is 0 Å². The number of hydrogen-bond acceptors (Lipinski definition) is 4. The summed E-state index contributed by atoms with van der Waals surface area (Å²) >= 11 is 0. The van der Waals surface area contributed by atoms with Gasteiger partial charge in [-0.1, -0.05) is 6.08 Å². The Labute approximate surface area is 114 Å². The summed E-state index contributed by atoms with van der Waals surface area (Å²) in [6.45, 7) is 7.00. The first-order valence-corrected chi connectivity index (χ1v) is 7.67. The van der Waals surface area contributed by atoms with Crippen molar-refractivity contribution in [3.8, 4) is 0 Å². The fourth-order valence-corrected chi connectivity index (χ4v) is 3.55. The van der Waals surface area contributed by atoms with Gasteiger partial charge in [0.05, 0.1) is 4.90 Å². The van der Waals surface area contributed by atoms with E-state index in [1.807, 2.05) is 6.08 Å². The van der Waals surface area contributed by atoms with E-state index in [0.29, 0.717) is 23.7 Å². The van der Waals surface area contributed by atoms with Crippen molar-refractivity contribution in [2.24, 2.45) is 0 Å². The number of anilines is 1. The molecular weight excluding hydrogens is 262 g/mol. The van der Waals surface area contributed by atoms with Gasteiger partial charge in [0.15, 0.2) is 0 Å². The maximum absolute atomic E-state index is 12.4. The standard InChI is InChI=1S/C13H19N3O2S/c1-2-7-15-8-10-16(11-9-15)19(17,18)13-5-3-12(14)4-6-13/h2-6H,1,7-11,14H2. The lowest BCUT2D eigenvalue weighted by atomic mass is 10.3. The van der Waals surface area contributed by atoms with Gasteiger partial charge in [-0.3, -0.25) is 4.90 Å². The van der Waals surface area contributed by atoms with Crippen LogP contribution in [0.2, 0.25) is 0 Å². The number of nitrogens with zero attached hydrogens (tertiary/aromatic N) is 2. The highest BCUT2D eigenvalue weighted by atomic mass is 32.2. The molecule has 19 heavy (non-hydrogen) atoms. The quantitative estimate of drug-likeness (QED) is 0.653. The van der Waals surface area contributed by atoms with Gasteiger partial charge in [-0.2, -0.15) is 4.31 Å². The van der Waals surface area contributed by atoms with E-state index in [1.165, 1.54) is 4.31 Å². The molecule has 0 aliphatic carbocycles. The molecule has 0 amide bonds. The van der Waals surface area contributed by atoms with Gasteiger partial charge in [-0.05, 0) is 24.3 Å². The maximum atomic E-state index is 12.4. The minimum absolute atomic E-state index is 0.305. The van der Waals surface area contributed by atoms with Crippen molar-refractivity contribution in [2.45, 2.75) is 4.90 Å². The Kier molecular flexibility index (Phi) is 4.24. The number of hydrogen-bond donors (Lipinski definition) is 1. The van der Waals surface area contributed by atoms with Gasteiger partial charge in [-0.15, -0.1) is 6.58 Å². The summed E-state index contributed by atoms with van der Waals surface area (Å²) in [4.78, 5) is 2.49. The Balaban J connectivity index is 2.09. The van der Waals surface area contributed by atoms with Gasteiger partial charge in [0.25, 0.3) is 0 Å². The van der Waals surface area contributed by atoms with Crippen LogP contribution in [-0.2, 0) is 10.0 Å². The summed E-state index contributed by atoms with van der Waals surface area (Å²) < 4.78 is 26.3. The van der Waals surface area contributed by atoms with Crippen molar-refractivity contribution in [3.63, 3.8) is 0 Å². The van der Waals surface area contributed by atoms with Crippen molar-refractivity contribution in [1.82, 2.24) is 9.21 Å². The Morgan fingerprint density at radius 3 is 2.26 bits per heavy atom. The molecule has 0 spiro atoms. The molecule has 1 aliphatic heterocycles. The molecule has 0 aromatic heterocycles. The molecular formula is C13H19N3O2S. The van der Waals surface area contributed by atoms with Crippen LogP contribution in [0.25, 0.3) is 0 Å². The van der Waals surface area contributed by atoms with Crippen molar-refractivity contribution >= 4 is 15.7 Å². The minimum atomic E-state index is -3.39. The van der Waals surface area contributed by atoms with Crippen LogP contribution in [-0.4, -0.2) is 50.3 Å². The molecule has 0 radical (unpaired) electrons. The van der Waals surface area contributed by atoms with Crippen molar-refractivity contribution < 1.29 is 8.42 Å². The van der Waals surface area contributed by atoms with Crippen LogP contribution in [0, 0.1) is 0 Å². The Morgan fingerprint density at radius 2 is 1.74 bits per heavy atom. The van der Waals surface area contributed by atoms with Crippen LogP contribution in [0.1, 0.15) is 0 Å². The zero-order chi connectivity index (χ0) is 13.9. The number of rotatable bonds is 4. The van der Waals surface area contributed by atoms with E-state index in [1.54, 1.807) is 24.3 Å². The van der Waals surface area contributed by atoms with Crippen molar-refractivity contribution in [3.05, 3.63) is 36.9 Å². The molecule has 1 aliphatic rings. The summed E-state index contributed by atoms with van der Waals surface area (Å²) in [5.74, 6) is 0. The summed E-state index contributed by atoms with van der Waals surface area (Å²) in [7, 11) is -3.39. The zero-order valence-corrected chi connectivity index (χ0v) is 11.6. The predicted octanol–water partition coefficient (Wildman–Crippen LogP) is 0.761. The Bertz CT molecular complexity index is 532. The maximum Gasteiger partial charge on any atom is 0.243 e. The van der Waals surface area contributed by atoms with E-state index in [2.05, 4.69) is 11.5 Å². The van der Waals surface area contributed by atoms with Gasteiger partial charge < -0.3 is 5.73 Å². The number of benzene rings is 1. The van der Waals surface area contributed by atoms with E-state index in [-0.39, 0.29) is 0 Å². The third-order valence-electron chi connectivity index (χ3n) is 3.24. The molecule has 1 aromatic carbocycles. The second kappa shape index (κ2) is 5.73. The number of nitrogen functional groups attached to an aromatic ring is 1. The summed E-state index contributed by atoms with van der Waals surface area (Å²) in [5.41, 5.74) is 6.14. The zero-order valence-electron chi connectivity index (χ0n) is 10.8. The lowest BCUT2D eigenvalue weighted by Gasteiger charge is -2.33. The molecule has 104 valence electrons. The fourth-order valence-electron chi connectivity index (χ4n) is 2.12. The molecule has 6 heteroatoms. The first-order chi connectivity index (χ1) is 9.04. The third-order valence-corrected chi connectivity index (χ3v) is 5.15. The monoisotopic (exact) mass is 281 g/mol. The smallest absolute Gasteiger partial charge is 0.243 e. The molecule has 2 N–H and O–H groups in total. The van der Waals surface area contributed by atoms with E-state index >= 15 is 0 Å². The molecule has 1 aromatic rings. The van der Waals surface area contributed by atoms with Gasteiger partial charge in [-0.25, -0.2) is 8.42 Å². The summed E-state index contributed by atoms with van der Waals surface area (Å²) in [6.07, 6.45) is 1.84. The topological polar surface area (TPSA) is 66.6 Å². The second-order valence-electron chi connectivity index (χ2n) is 4.56. The molecule has 1 heterocycles. The van der Waals surface area contributed by atoms with Crippen LogP contribution in [0.15, 0.2) is 41.8 Å². The van der Waals surface area contributed by atoms with Crippen LogP contribution >= 0.6 is 0 Å². The highest BCUT2D eigenvalue weighted by Gasteiger charge is 2.27. The van der Waals surface area contributed by atoms with Crippen LogP contribution in [0.4, 0.5) is 5.69 Å². The molecule has 2 rings (SSSR count). The van der Waals surface area contributed by atoms with Gasteiger partial charge in [0.1, 0.15) is 0 Å². The average molecular weight is 281 g/mol. The molecule has 5 nitrogen and oxygen atoms in total. The van der Waals surface area contributed by atoms with Gasteiger partial charge in [0, 0.05) is 38.4 Å². The normalized spacial score (nSPS) is 18.3. The van der Waals surface area contributed by atoms with Crippen molar-refractivity contribution in [1.29, 1.82) is 0 Å². The largest absolute Gasteiger partial charge is 0.399 e. The number of nitrogens with two attached hydrogens (primary N) is 1. The number of sulfonamides is 1. The second-order valence-corrected chi connectivity index (χ2v) is 6.50. The predicted molar refractivity (Wildman–Crippen MR) is 76.3 cm³/mol. The highest BCUT2D eigenvalue weighted by molar-refractivity contribution is 7.89. The van der Waals surface area contributed by atoms with Gasteiger partial charge in [0.2, 0.25) is 10.0 Å². The summed E-state index contributed by atoms with van der Waals surface area (Å²) in [5, 5.41) is 0. The first kappa shape index (κ1) is 14.0. The molecule has 1 saturated heterocycles. The lowest BCUT2D eigenvalue weighted by Crippen LogP contribution is -2.48. The van der Waals surface area contributed by atoms with E-state index < -0.39 is 10.0 Å². The molecule has 1 fully saturated rings. The molecule has 0 atom stereocenters.